The van der Waals surface area contributed by atoms with Gasteiger partial charge in [0.25, 0.3) is 5.91 Å². The third-order valence-electron chi connectivity index (χ3n) is 4.98. The highest BCUT2D eigenvalue weighted by Gasteiger charge is 2.34. The Morgan fingerprint density at radius 2 is 1.71 bits per heavy atom. The van der Waals surface area contributed by atoms with Crippen molar-refractivity contribution in [1.82, 2.24) is 0 Å². The summed E-state index contributed by atoms with van der Waals surface area (Å²) in [6.45, 7) is 0. The number of nitrogens with zero attached hydrogens (tertiary/aromatic N) is 1. The van der Waals surface area contributed by atoms with Crippen LogP contribution < -0.4 is 19.7 Å². The molecule has 0 bridgehead atoms. The Morgan fingerprint density at radius 3 is 2.45 bits per heavy atom. The number of nitrogens with one attached hydrogen (secondary N) is 1. The summed E-state index contributed by atoms with van der Waals surface area (Å²) >= 11 is 1.56. The third-order valence-corrected chi connectivity index (χ3v) is 6.19. The summed E-state index contributed by atoms with van der Waals surface area (Å²) in [6, 6.07) is 22.0. The third kappa shape index (κ3) is 4.51. The number of anilines is 2. The van der Waals surface area contributed by atoms with Gasteiger partial charge in [-0.25, -0.2) is 0 Å². The van der Waals surface area contributed by atoms with E-state index in [1.165, 1.54) is 0 Å². The average Bonchev–Trinajstić information content (AvgIpc) is 3.20. The van der Waals surface area contributed by atoms with E-state index in [-0.39, 0.29) is 17.2 Å². The topological polar surface area (TPSA) is 67.9 Å². The van der Waals surface area contributed by atoms with Crippen molar-refractivity contribution in [2.75, 3.05) is 30.2 Å². The van der Waals surface area contributed by atoms with E-state index in [2.05, 4.69) is 5.32 Å². The van der Waals surface area contributed by atoms with E-state index < -0.39 is 0 Å². The van der Waals surface area contributed by atoms with Crippen LogP contribution in [0.25, 0.3) is 0 Å². The molecule has 1 unspecified atom stereocenters. The fourth-order valence-electron chi connectivity index (χ4n) is 3.43. The molecule has 1 N–H and O–H groups in total. The Labute approximate surface area is 185 Å². The largest absolute Gasteiger partial charge is 0.497 e. The van der Waals surface area contributed by atoms with E-state index in [1.807, 2.05) is 48.5 Å². The summed E-state index contributed by atoms with van der Waals surface area (Å²) in [5.74, 6) is 1.61. The minimum absolute atomic E-state index is 0.0379. The fourth-order valence-corrected chi connectivity index (χ4v) is 4.59. The molecule has 1 atom stereocenters. The lowest BCUT2D eigenvalue weighted by Crippen LogP contribution is -2.27. The predicted octanol–water partition coefficient (Wildman–Crippen LogP) is 4.73. The van der Waals surface area contributed by atoms with Crippen LogP contribution in [0.4, 0.5) is 11.4 Å². The standard InChI is InChI=1S/C24H22N2O4S/c1-29-20-11-9-16(10-12-20)23(28)25-18-6-3-5-17(13-18)24-26(22(27)15-31-24)19-7-4-8-21(14-19)30-2/h3-14,24H,15H2,1-2H3,(H,25,28). The van der Waals surface area contributed by atoms with E-state index in [1.54, 1.807) is 55.1 Å². The van der Waals surface area contributed by atoms with Gasteiger partial charge in [0.2, 0.25) is 5.91 Å². The van der Waals surface area contributed by atoms with Crippen molar-refractivity contribution in [3.63, 3.8) is 0 Å². The summed E-state index contributed by atoms with van der Waals surface area (Å²) in [4.78, 5) is 27.0. The van der Waals surface area contributed by atoms with Gasteiger partial charge in [-0.1, -0.05) is 18.2 Å². The Kier molecular flexibility index (Phi) is 6.13. The molecule has 3 aromatic carbocycles. The molecule has 1 aliphatic rings. The van der Waals surface area contributed by atoms with Crippen LogP contribution in [0.1, 0.15) is 21.3 Å². The highest BCUT2D eigenvalue weighted by atomic mass is 32.2. The molecule has 4 rings (SSSR count). The molecule has 1 heterocycles. The zero-order valence-electron chi connectivity index (χ0n) is 17.2. The van der Waals surface area contributed by atoms with Crippen LogP contribution >= 0.6 is 11.8 Å². The maximum atomic E-state index is 12.6. The van der Waals surface area contributed by atoms with E-state index in [0.29, 0.717) is 28.5 Å². The predicted molar refractivity (Wildman–Crippen MR) is 123 cm³/mol. The molecule has 1 fully saturated rings. The van der Waals surface area contributed by atoms with Gasteiger partial charge in [-0.2, -0.15) is 0 Å². The number of benzene rings is 3. The number of carbonyl (C=O) groups excluding carboxylic acids is 2. The van der Waals surface area contributed by atoms with Gasteiger partial charge in [-0.05, 0) is 54.1 Å². The molecule has 2 amide bonds. The second-order valence-electron chi connectivity index (χ2n) is 6.94. The van der Waals surface area contributed by atoms with Crippen molar-refractivity contribution in [2.45, 2.75) is 5.37 Å². The van der Waals surface area contributed by atoms with Gasteiger partial charge < -0.3 is 14.8 Å². The van der Waals surface area contributed by atoms with Gasteiger partial charge in [-0.15, -0.1) is 11.8 Å². The molecule has 1 saturated heterocycles. The van der Waals surface area contributed by atoms with E-state index in [0.717, 1.165) is 11.3 Å². The molecule has 0 aromatic heterocycles. The molecular weight excluding hydrogens is 412 g/mol. The van der Waals surface area contributed by atoms with Crippen LogP contribution in [0.2, 0.25) is 0 Å². The number of hydrogen-bond donors (Lipinski definition) is 1. The summed E-state index contributed by atoms with van der Waals surface area (Å²) in [6.07, 6.45) is 0. The first kappa shape index (κ1) is 20.8. The first-order valence-electron chi connectivity index (χ1n) is 9.72. The Hall–Kier alpha value is -3.45. The van der Waals surface area contributed by atoms with E-state index in [9.17, 15) is 9.59 Å². The molecule has 6 nitrogen and oxygen atoms in total. The number of hydrogen-bond acceptors (Lipinski definition) is 5. The minimum atomic E-state index is -0.209. The number of rotatable bonds is 6. The lowest BCUT2D eigenvalue weighted by Gasteiger charge is -2.25. The smallest absolute Gasteiger partial charge is 0.255 e. The van der Waals surface area contributed by atoms with Crippen LogP contribution in [-0.2, 0) is 4.79 Å². The van der Waals surface area contributed by atoms with Gasteiger partial charge in [-0.3, -0.25) is 14.5 Å². The van der Waals surface area contributed by atoms with Crippen molar-refractivity contribution < 1.29 is 19.1 Å². The first-order valence-corrected chi connectivity index (χ1v) is 10.8. The average molecular weight is 435 g/mol. The second-order valence-corrected chi connectivity index (χ2v) is 8.01. The highest BCUT2D eigenvalue weighted by Crippen LogP contribution is 2.42. The quantitative estimate of drug-likeness (QED) is 0.607. The molecular formula is C24H22N2O4S. The highest BCUT2D eigenvalue weighted by molar-refractivity contribution is 8.00. The number of carbonyl (C=O) groups is 2. The number of thioether (sulfide) groups is 1. The molecule has 0 saturated carbocycles. The molecule has 3 aromatic rings. The van der Waals surface area contributed by atoms with Crippen LogP contribution in [0, 0.1) is 0 Å². The summed E-state index contributed by atoms with van der Waals surface area (Å²) in [7, 11) is 3.19. The maximum absolute atomic E-state index is 12.6. The lowest BCUT2D eigenvalue weighted by molar-refractivity contribution is -0.115. The normalized spacial score (nSPS) is 15.6. The Balaban J connectivity index is 1.56. The van der Waals surface area contributed by atoms with Gasteiger partial charge >= 0.3 is 0 Å². The van der Waals surface area contributed by atoms with Gasteiger partial charge in [0.15, 0.2) is 0 Å². The zero-order valence-corrected chi connectivity index (χ0v) is 18.0. The van der Waals surface area contributed by atoms with Crippen LogP contribution in [0.3, 0.4) is 0 Å². The van der Waals surface area contributed by atoms with Gasteiger partial charge in [0, 0.05) is 23.0 Å². The maximum Gasteiger partial charge on any atom is 0.255 e. The molecule has 7 heteroatoms. The van der Waals surface area contributed by atoms with Crippen molar-refractivity contribution in [3.8, 4) is 11.5 Å². The lowest BCUT2D eigenvalue weighted by atomic mass is 10.1. The molecule has 158 valence electrons. The van der Waals surface area contributed by atoms with Gasteiger partial charge in [0.05, 0.1) is 20.0 Å². The number of methoxy groups -OCH3 is 2. The molecule has 1 aliphatic heterocycles. The summed E-state index contributed by atoms with van der Waals surface area (Å²) in [5, 5.41) is 2.75. The summed E-state index contributed by atoms with van der Waals surface area (Å²) in [5.41, 5.74) is 2.93. The number of ether oxygens (including phenoxy) is 2. The van der Waals surface area contributed by atoms with Crippen LogP contribution in [-0.4, -0.2) is 31.8 Å². The minimum Gasteiger partial charge on any atom is -0.497 e. The molecule has 31 heavy (non-hydrogen) atoms. The van der Waals surface area contributed by atoms with Crippen LogP contribution in [0.15, 0.2) is 72.8 Å². The van der Waals surface area contributed by atoms with E-state index in [4.69, 9.17) is 9.47 Å². The van der Waals surface area contributed by atoms with Crippen molar-refractivity contribution in [3.05, 3.63) is 83.9 Å². The van der Waals surface area contributed by atoms with Crippen molar-refractivity contribution in [2.24, 2.45) is 0 Å². The zero-order chi connectivity index (χ0) is 21.8. The van der Waals surface area contributed by atoms with Gasteiger partial charge in [0.1, 0.15) is 16.9 Å². The van der Waals surface area contributed by atoms with Crippen molar-refractivity contribution >= 4 is 35.0 Å². The van der Waals surface area contributed by atoms with Crippen LogP contribution in [0.5, 0.6) is 11.5 Å². The fraction of sp³-hybridized carbons (Fsp3) is 0.167. The molecule has 0 radical (unpaired) electrons. The van der Waals surface area contributed by atoms with Crippen molar-refractivity contribution in [1.29, 1.82) is 0 Å². The Bertz CT molecular complexity index is 1100. The second kappa shape index (κ2) is 9.14. The monoisotopic (exact) mass is 434 g/mol. The summed E-state index contributed by atoms with van der Waals surface area (Å²) < 4.78 is 10.4. The molecule has 0 spiro atoms. The molecule has 0 aliphatic carbocycles. The number of amides is 2. The Morgan fingerprint density at radius 1 is 0.968 bits per heavy atom. The first-order chi connectivity index (χ1) is 15.1. The SMILES string of the molecule is COc1ccc(C(=O)Nc2cccc(C3SCC(=O)N3c3cccc(OC)c3)c2)cc1. The van der Waals surface area contributed by atoms with E-state index >= 15 is 0 Å².